The van der Waals surface area contributed by atoms with Crippen LogP contribution in [0.3, 0.4) is 0 Å². The molecule has 0 aliphatic rings. The van der Waals surface area contributed by atoms with Gasteiger partial charge in [0.25, 0.3) is 5.91 Å². The van der Waals surface area contributed by atoms with Gasteiger partial charge >= 0.3 is 0 Å². The minimum atomic E-state index is -0.739. The van der Waals surface area contributed by atoms with E-state index >= 15 is 0 Å². The van der Waals surface area contributed by atoms with Gasteiger partial charge in [-0.15, -0.1) is 0 Å². The molecule has 132 valence electrons. The van der Waals surface area contributed by atoms with Crippen LogP contribution in [0.2, 0.25) is 0 Å². The molecular weight excluding hydrogens is 312 g/mol. The zero-order valence-corrected chi connectivity index (χ0v) is 15.3. The molecule has 0 spiro atoms. The van der Waals surface area contributed by atoms with Gasteiger partial charge in [-0.05, 0) is 35.6 Å². The Morgan fingerprint density at radius 2 is 1.72 bits per heavy atom. The van der Waals surface area contributed by atoms with Crippen LogP contribution in [0.5, 0.6) is 0 Å². The van der Waals surface area contributed by atoms with Crippen LogP contribution in [-0.2, 0) is 16.6 Å². The highest BCUT2D eigenvalue weighted by Crippen LogP contribution is 2.22. The Labute approximate surface area is 149 Å². The van der Waals surface area contributed by atoms with Crippen LogP contribution in [0.25, 0.3) is 0 Å². The maximum atomic E-state index is 12.5. The molecule has 2 amide bonds. The number of nitrogens with two attached hydrogens (primary N) is 1. The quantitative estimate of drug-likeness (QED) is 0.879. The number of benzene rings is 2. The van der Waals surface area contributed by atoms with Gasteiger partial charge in [-0.2, -0.15) is 0 Å². The molecular formula is C21H26N2O2. The van der Waals surface area contributed by atoms with Crippen molar-refractivity contribution in [3.63, 3.8) is 0 Å². The van der Waals surface area contributed by atoms with Crippen molar-refractivity contribution in [3.8, 4) is 0 Å². The molecule has 0 saturated heterocycles. The summed E-state index contributed by atoms with van der Waals surface area (Å²) >= 11 is 0. The maximum absolute atomic E-state index is 12.5. The Balaban J connectivity index is 2.11. The third-order valence-electron chi connectivity index (χ3n) is 4.18. The summed E-state index contributed by atoms with van der Waals surface area (Å²) in [5.41, 5.74) is 9.23. The molecule has 4 nitrogen and oxygen atoms in total. The van der Waals surface area contributed by atoms with Gasteiger partial charge in [0, 0.05) is 12.0 Å². The number of primary amides is 1. The number of hydrogen-bond acceptors (Lipinski definition) is 2. The summed E-state index contributed by atoms with van der Waals surface area (Å²) in [6, 6.07) is 14.5. The van der Waals surface area contributed by atoms with E-state index in [2.05, 4.69) is 26.1 Å². The lowest BCUT2D eigenvalue weighted by molar-refractivity contribution is -0.119. The summed E-state index contributed by atoms with van der Waals surface area (Å²) in [5.74, 6) is -0.835. The van der Waals surface area contributed by atoms with E-state index in [0.29, 0.717) is 12.0 Å². The molecule has 4 heteroatoms. The number of rotatable bonds is 5. The minimum Gasteiger partial charge on any atom is -0.368 e. The lowest BCUT2D eigenvalue weighted by Gasteiger charge is -2.20. The van der Waals surface area contributed by atoms with Crippen LogP contribution >= 0.6 is 0 Å². The molecule has 0 aliphatic carbocycles. The Bertz CT molecular complexity index is 758. The number of hydrogen-bond donors (Lipinski definition) is 2. The van der Waals surface area contributed by atoms with Crippen LogP contribution in [0.1, 0.15) is 47.8 Å². The molecule has 0 heterocycles. The molecule has 0 saturated carbocycles. The first-order valence-electron chi connectivity index (χ1n) is 8.43. The monoisotopic (exact) mass is 338 g/mol. The molecule has 0 bridgehead atoms. The van der Waals surface area contributed by atoms with E-state index < -0.39 is 11.9 Å². The third kappa shape index (κ3) is 5.18. The highest BCUT2D eigenvalue weighted by atomic mass is 16.2. The van der Waals surface area contributed by atoms with E-state index in [9.17, 15) is 9.59 Å². The minimum absolute atomic E-state index is 0.0237. The summed E-state index contributed by atoms with van der Waals surface area (Å²) in [6.07, 6.45) is 0.378. The number of carbonyl (C=O) groups excluding carboxylic acids is 2. The van der Waals surface area contributed by atoms with E-state index in [4.69, 9.17) is 5.73 Å². The van der Waals surface area contributed by atoms with Crippen molar-refractivity contribution >= 4 is 11.8 Å². The Hall–Kier alpha value is -2.62. The first kappa shape index (κ1) is 18.7. The summed E-state index contributed by atoms with van der Waals surface area (Å²) < 4.78 is 0. The van der Waals surface area contributed by atoms with Gasteiger partial charge in [0.05, 0.1) is 0 Å². The van der Waals surface area contributed by atoms with E-state index in [-0.39, 0.29) is 11.3 Å². The summed E-state index contributed by atoms with van der Waals surface area (Å²) in [5, 5.41) is 2.75. The van der Waals surface area contributed by atoms with E-state index in [1.807, 2.05) is 43.3 Å². The van der Waals surface area contributed by atoms with Crippen molar-refractivity contribution in [2.45, 2.75) is 45.6 Å². The molecule has 2 aromatic carbocycles. The molecule has 0 aliphatic heterocycles. The second kappa shape index (κ2) is 7.51. The lowest BCUT2D eigenvalue weighted by Crippen LogP contribution is -2.45. The largest absolute Gasteiger partial charge is 0.368 e. The standard InChI is InChI=1S/C21H26N2O2/c1-14-6-5-7-15(12-14)13-18(19(22)24)23-20(25)16-8-10-17(11-9-16)21(2,3)4/h5-12,18H,13H2,1-4H3,(H2,22,24)(H,23,25)/t18-/m0/s1. The Morgan fingerprint density at radius 3 is 2.24 bits per heavy atom. The van der Waals surface area contributed by atoms with Gasteiger partial charge in [-0.3, -0.25) is 9.59 Å². The van der Waals surface area contributed by atoms with E-state index in [0.717, 1.165) is 16.7 Å². The number of aryl methyl sites for hydroxylation is 1. The van der Waals surface area contributed by atoms with E-state index in [1.54, 1.807) is 12.1 Å². The van der Waals surface area contributed by atoms with Crippen molar-refractivity contribution in [2.75, 3.05) is 0 Å². The average Bonchev–Trinajstić information content (AvgIpc) is 2.53. The van der Waals surface area contributed by atoms with Crippen LogP contribution in [-0.4, -0.2) is 17.9 Å². The van der Waals surface area contributed by atoms with Crippen molar-refractivity contribution in [3.05, 3.63) is 70.8 Å². The number of amides is 2. The van der Waals surface area contributed by atoms with Gasteiger partial charge in [0.1, 0.15) is 6.04 Å². The molecule has 2 rings (SSSR count). The van der Waals surface area contributed by atoms with Gasteiger partial charge in [0.2, 0.25) is 5.91 Å². The molecule has 25 heavy (non-hydrogen) atoms. The highest BCUT2D eigenvalue weighted by molar-refractivity contribution is 5.97. The van der Waals surface area contributed by atoms with Gasteiger partial charge in [-0.25, -0.2) is 0 Å². The van der Waals surface area contributed by atoms with Crippen molar-refractivity contribution < 1.29 is 9.59 Å². The zero-order valence-electron chi connectivity index (χ0n) is 15.3. The Morgan fingerprint density at radius 1 is 1.08 bits per heavy atom. The molecule has 0 unspecified atom stereocenters. The highest BCUT2D eigenvalue weighted by Gasteiger charge is 2.20. The molecule has 0 fully saturated rings. The molecule has 3 N–H and O–H groups in total. The predicted octanol–water partition coefficient (Wildman–Crippen LogP) is 3.12. The van der Waals surface area contributed by atoms with Crippen molar-refractivity contribution in [1.29, 1.82) is 0 Å². The van der Waals surface area contributed by atoms with Crippen LogP contribution in [0, 0.1) is 6.92 Å². The zero-order chi connectivity index (χ0) is 18.6. The predicted molar refractivity (Wildman–Crippen MR) is 100 cm³/mol. The number of carbonyl (C=O) groups is 2. The van der Waals surface area contributed by atoms with Gasteiger partial charge in [-0.1, -0.05) is 62.7 Å². The van der Waals surface area contributed by atoms with Gasteiger partial charge in [0.15, 0.2) is 0 Å². The van der Waals surface area contributed by atoms with Crippen LogP contribution < -0.4 is 11.1 Å². The summed E-state index contributed by atoms with van der Waals surface area (Å²) in [7, 11) is 0. The molecule has 0 aromatic heterocycles. The third-order valence-corrected chi connectivity index (χ3v) is 4.18. The normalized spacial score (nSPS) is 12.5. The lowest BCUT2D eigenvalue weighted by atomic mass is 9.86. The first-order valence-corrected chi connectivity index (χ1v) is 8.43. The fraction of sp³-hybridized carbons (Fsp3) is 0.333. The molecule has 0 radical (unpaired) electrons. The topological polar surface area (TPSA) is 72.2 Å². The second-order valence-electron chi connectivity index (χ2n) is 7.45. The fourth-order valence-corrected chi connectivity index (χ4v) is 2.66. The summed E-state index contributed by atoms with van der Waals surface area (Å²) in [4.78, 5) is 24.2. The molecule has 1 atom stereocenters. The van der Waals surface area contributed by atoms with Gasteiger partial charge < -0.3 is 11.1 Å². The molecule has 2 aromatic rings. The Kier molecular flexibility index (Phi) is 5.62. The fourth-order valence-electron chi connectivity index (χ4n) is 2.66. The maximum Gasteiger partial charge on any atom is 0.251 e. The smallest absolute Gasteiger partial charge is 0.251 e. The summed E-state index contributed by atoms with van der Waals surface area (Å²) in [6.45, 7) is 8.34. The SMILES string of the molecule is Cc1cccc(C[C@H](NC(=O)c2ccc(C(C)(C)C)cc2)C(N)=O)c1. The van der Waals surface area contributed by atoms with E-state index in [1.165, 1.54) is 0 Å². The first-order chi connectivity index (χ1) is 11.7. The number of nitrogens with one attached hydrogen (secondary N) is 1. The average molecular weight is 338 g/mol. The van der Waals surface area contributed by atoms with Crippen molar-refractivity contribution in [1.82, 2.24) is 5.32 Å². The van der Waals surface area contributed by atoms with Crippen molar-refractivity contribution in [2.24, 2.45) is 5.73 Å². The van der Waals surface area contributed by atoms with Crippen LogP contribution in [0.4, 0.5) is 0 Å². The second-order valence-corrected chi connectivity index (χ2v) is 7.45. The van der Waals surface area contributed by atoms with Crippen LogP contribution in [0.15, 0.2) is 48.5 Å².